The van der Waals surface area contributed by atoms with Crippen molar-refractivity contribution >= 4 is 23.8 Å². The molecule has 9 nitrogen and oxygen atoms in total. The summed E-state index contributed by atoms with van der Waals surface area (Å²) < 4.78 is 0. The molecule has 0 radical (unpaired) electrons. The lowest BCUT2D eigenvalue weighted by molar-refractivity contribution is -0.150. The van der Waals surface area contributed by atoms with Crippen LogP contribution in [0.5, 0.6) is 0 Å². The van der Waals surface area contributed by atoms with Crippen molar-refractivity contribution < 1.29 is 29.4 Å². The zero-order chi connectivity index (χ0) is 21.7. The van der Waals surface area contributed by atoms with Crippen molar-refractivity contribution in [2.24, 2.45) is 0 Å². The van der Waals surface area contributed by atoms with Gasteiger partial charge in [0.05, 0.1) is 13.1 Å². The van der Waals surface area contributed by atoms with Crippen LogP contribution in [-0.4, -0.2) is 86.9 Å². The Kier molecular flexibility index (Phi) is 7.04. The first-order valence-corrected chi connectivity index (χ1v) is 10.2. The number of nitrogens with zero attached hydrogens (tertiary/aromatic N) is 3. The highest BCUT2D eigenvalue weighted by molar-refractivity contribution is 5.87. The van der Waals surface area contributed by atoms with Crippen molar-refractivity contribution in [3.05, 3.63) is 35.9 Å². The molecule has 9 heteroatoms. The topological polar surface area (TPSA) is 118 Å². The maximum Gasteiger partial charge on any atom is 0.326 e. The van der Waals surface area contributed by atoms with Crippen LogP contribution in [0.15, 0.2) is 30.3 Å². The molecule has 0 aliphatic carbocycles. The number of carboxylic acids is 2. The van der Waals surface area contributed by atoms with Gasteiger partial charge in [0.2, 0.25) is 11.8 Å². The summed E-state index contributed by atoms with van der Waals surface area (Å²) in [5, 5.41) is 18.7. The Balaban J connectivity index is 1.71. The minimum absolute atomic E-state index is 0.101. The SMILES string of the molecule is O=C(O)[C@H]1CCCN1C(=O)CN(CC(=O)N1CCC[C@@H]1C(=O)O)Cc1ccccc1. The number of carbonyl (C=O) groups is 4. The number of rotatable bonds is 8. The fourth-order valence-corrected chi connectivity index (χ4v) is 4.22. The summed E-state index contributed by atoms with van der Waals surface area (Å²) in [6.07, 6.45) is 2.11. The molecule has 0 aromatic heterocycles. The molecule has 162 valence electrons. The fourth-order valence-electron chi connectivity index (χ4n) is 4.22. The van der Waals surface area contributed by atoms with Gasteiger partial charge in [0.15, 0.2) is 0 Å². The molecule has 2 heterocycles. The van der Waals surface area contributed by atoms with Gasteiger partial charge in [-0.15, -0.1) is 0 Å². The first-order chi connectivity index (χ1) is 14.4. The molecule has 30 heavy (non-hydrogen) atoms. The third-order valence-corrected chi connectivity index (χ3v) is 5.68. The van der Waals surface area contributed by atoms with Gasteiger partial charge in [0.1, 0.15) is 12.1 Å². The maximum atomic E-state index is 12.8. The lowest BCUT2D eigenvalue weighted by Gasteiger charge is -2.29. The molecule has 2 aliphatic heterocycles. The van der Waals surface area contributed by atoms with E-state index in [0.717, 1.165) is 5.56 Å². The lowest BCUT2D eigenvalue weighted by Crippen LogP contribution is -2.49. The van der Waals surface area contributed by atoms with Crippen LogP contribution in [0.25, 0.3) is 0 Å². The minimum atomic E-state index is -1.02. The second kappa shape index (κ2) is 9.71. The van der Waals surface area contributed by atoms with Gasteiger partial charge in [0.25, 0.3) is 0 Å². The predicted octanol–water partition coefficient (Wildman–Crippen LogP) is 0.640. The van der Waals surface area contributed by atoms with Crippen LogP contribution in [0.1, 0.15) is 31.2 Å². The number of benzene rings is 1. The molecule has 2 amide bonds. The van der Waals surface area contributed by atoms with Crippen LogP contribution >= 0.6 is 0 Å². The van der Waals surface area contributed by atoms with Crippen LogP contribution in [0.2, 0.25) is 0 Å². The van der Waals surface area contributed by atoms with Crippen LogP contribution in [0, 0.1) is 0 Å². The van der Waals surface area contributed by atoms with Crippen molar-refractivity contribution in [3.8, 4) is 0 Å². The summed E-state index contributed by atoms with van der Waals surface area (Å²) in [6, 6.07) is 7.69. The van der Waals surface area contributed by atoms with Crippen molar-refractivity contribution in [2.45, 2.75) is 44.3 Å². The highest BCUT2D eigenvalue weighted by Gasteiger charge is 2.37. The van der Waals surface area contributed by atoms with E-state index < -0.39 is 24.0 Å². The first kappa shape index (κ1) is 21.8. The predicted molar refractivity (Wildman–Crippen MR) is 106 cm³/mol. The molecule has 3 rings (SSSR count). The number of aliphatic carboxylic acids is 2. The highest BCUT2D eigenvalue weighted by Crippen LogP contribution is 2.20. The van der Waals surface area contributed by atoms with Gasteiger partial charge in [-0.25, -0.2) is 9.59 Å². The van der Waals surface area contributed by atoms with Gasteiger partial charge < -0.3 is 20.0 Å². The van der Waals surface area contributed by atoms with Crippen LogP contribution < -0.4 is 0 Å². The largest absolute Gasteiger partial charge is 0.480 e. The van der Waals surface area contributed by atoms with Gasteiger partial charge in [-0.2, -0.15) is 0 Å². The molecule has 2 aliphatic rings. The summed E-state index contributed by atoms with van der Waals surface area (Å²) in [7, 11) is 0. The molecule has 1 aromatic rings. The average Bonchev–Trinajstić information content (AvgIpc) is 3.38. The summed E-state index contributed by atoms with van der Waals surface area (Å²) in [4.78, 5) is 52.9. The summed E-state index contributed by atoms with van der Waals surface area (Å²) >= 11 is 0. The van der Waals surface area contributed by atoms with Crippen molar-refractivity contribution in [3.63, 3.8) is 0 Å². The number of carboxylic acid groups (broad SMARTS) is 2. The molecule has 2 saturated heterocycles. The Labute approximate surface area is 174 Å². The Morgan fingerprint density at radius 1 is 0.833 bits per heavy atom. The quantitative estimate of drug-likeness (QED) is 0.637. The molecule has 0 saturated carbocycles. The highest BCUT2D eigenvalue weighted by atomic mass is 16.4. The second-order valence-corrected chi connectivity index (χ2v) is 7.80. The zero-order valence-corrected chi connectivity index (χ0v) is 16.8. The Hall–Kier alpha value is -2.94. The lowest BCUT2D eigenvalue weighted by atomic mass is 10.2. The molecule has 0 unspecified atom stereocenters. The number of hydrogen-bond donors (Lipinski definition) is 2. The minimum Gasteiger partial charge on any atom is -0.480 e. The van der Waals surface area contributed by atoms with E-state index >= 15 is 0 Å². The molecule has 0 spiro atoms. The smallest absolute Gasteiger partial charge is 0.326 e. The van der Waals surface area contributed by atoms with E-state index in [9.17, 15) is 29.4 Å². The third-order valence-electron chi connectivity index (χ3n) is 5.68. The zero-order valence-electron chi connectivity index (χ0n) is 16.8. The summed E-state index contributed by atoms with van der Waals surface area (Å²) in [6.45, 7) is 0.897. The van der Waals surface area contributed by atoms with Crippen molar-refractivity contribution in [1.82, 2.24) is 14.7 Å². The maximum absolute atomic E-state index is 12.8. The first-order valence-electron chi connectivity index (χ1n) is 10.2. The van der Waals surface area contributed by atoms with Crippen LogP contribution in [0.4, 0.5) is 0 Å². The molecule has 2 fully saturated rings. The van der Waals surface area contributed by atoms with E-state index in [1.807, 2.05) is 30.3 Å². The van der Waals surface area contributed by atoms with E-state index in [0.29, 0.717) is 45.3 Å². The number of amides is 2. The van der Waals surface area contributed by atoms with E-state index in [2.05, 4.69) is 0 Å². The molecule has 0 bridgehead atoms. The fraction of sp³-hybridized carbons (Fsp3) is 0.524. The van der Waals surface area contributed by atoms with E-state index in [4.69, 9.17) is 0 Å². The van der Waals surface area contributed by atoms with Crippen molar-refractivity contribution in [1.29, 1.82) is 0 Å². The molecular weight excluding hydrogens is 390 g/mol. The normalized spacial score (nSPS) is 21.2. The van der Waals surface area contributed by atoms with Crippen molar-refractivity contribution in [2.75, 3.05) is 26.2 Å². The standard InChI is InChI=1S/C21H27N3O6/c25-18(23-10-4-8-16(23)20(27)28)13-22(12-15-6-2-1-3-7-15)14-19(26)24-11-5-9-17(24)21(29)30/h1-3,6-7,16-17H,4-5,8-14H2,(H,27,28)(H,29,30)/t16-,17-/m1/s1. The molecule has 2 atom stereocenters. The summed E-state index contributed by atoms with van der Waals surface area (Å²) in [5.74, 6) is -2.71. The van der Waals surface area contributed by atoms with E-state index in [1.165, 1.54) is 9.80 Å². The van der Waals surface area contributed by atoms with Gasteiger partial charge >= 0.3 is 11.9 Å². The monoisotopic (exact) mass is 417 g/mol. The van der Waals surface area contributed by atoms with Gasteiger partial charge in [-0.3, -0.25) is 14.5 Å². The number of likely N-dealkylation sites (tertiary alicyclic amines) is 2. The Bertz CT molecular complexity index is 753. The van der Waals surface area contributed by atoms with Gasteiger partial charge in [-0.1, -0.05) is 30.3 Å². The van der Waals surface area contributed by atoms with Gasteiger partial charge in [0, 0.05) is 19.6 Å². The third kappa shape index (κ3) is 5.15. The molecular formula is C21H27N3O6. The molecule has 1 aromatic carbocycles. The van der Waals surface area contributed by atoms with Crippen LogP contribution in [-0.2, 0) is 25.7 Å². The van der Waals surface area contributed by atoms with E-state index in [1.54, 1.807) is 4.90 Å². The van der Waals surface area contributed by atoms with Crippen LogP contribution in [0.3, 0.4) is 0 Å². The van der Waals surface area contributed by atoms with E-state index in [-0.39, 0.29) is 24.9 Å². The Morgan fingerprint density at radius 2 is 1.30 bits per heavy atom. The second-order valence-electron chi connectivity index (χ2n) is 7.80. The summed E-state index contributed by atoms with van der Waals surface area (Å²) in [5.41, 5.74) is 0.908. The molecule has 2 N–H and O–H groups in total. The van der Waals surface area contributed by atoms with Gasteiger partial charge in [-0.05, 0) is 31.2 Å². The number of carbonyl (C=O) groups excluding carboxylic acids is 2. The number of hydrogen-bond acceptors (Lipinski definition) is 5. The average molecular weight is 417 g/mol. The Morgan fingerprint density at radius 3 is 1.73 bits per heavy atom.